The lowest BCUT2D eigenvalue weighted by Crippen LogP contribution is -2.47. The molecule has 0 amide bonds. The second-order valence-electron chi connectivity index (χ2n) is 10.2. The Bertz CT molecular complexity index is 433. The van der Waals surface area contributed by atoms with Crippen molar-refractivity contribution in [3.63, 3.8) is 0 Å². The summed E-state index contributed by atoms with van der Waals surface area (Å²) in [6.07, 6.45) is 5.90. The molecule has 0 bridgehead atoms. The monoisotopic (exact) mass is 430 g/mol. The molecular weight excluding hydrogens is 380 g/mol. The van der Waals surface area contributed by atoms with Crippen molar-refractivity contribution in [3.8, 4) is 0 Å². The van der Waals surface area contributed by atoms with Crippen LogP contribution in [0, 0.1) is 0 Å². The first-order chi connectivity index (χ1) is 12.8. The van der Waals surface area contributed by atoms with Gasteiger partial charge in [-0.3, -0.25) is 0 Å². The van der Waals surface area contributed by atoms with Gasteiger partial charge in [-0.25, -0.2) is 0 Å². The Balaban J connectivity index is 5.13. The Kier molecular flexibility index (Phi) is 12.1. The van der Waals surface area contributed by atoms with Crippen molar-refractivity contribution in [1.82, 2.24) is 0 Å². The topological polar surface area (TPSA) is 38.7 Å². The number of hydrogen-bond acceptors (Lipinski definition) is 3. The van der Waals surface area contributed by atoms with Crippen molar-refractivity contribution in [2.24, 2.45) is 0 Å². The molecule has 5 heteroatoms. The average molecular weight is 431 g/mol. The molecule has 0 unspecified atom stereocenters. The molecule has 168 valence electrons. The summed E-state index contributed by atoms with van der Waals surface area (Å²) in [6.45, 7) is 25.2. The molecule has 0 fully saturated rings. The van der Waals surface area contributed by atoms with Crippen LogP contribution < -0.4 is 0 Å². The van der Waals surface area contributed by atoms with E-state index in [1.54, 1.807) is 6.08 Å². The summed E-state index contributed by atoms with van der Waals surface area (Å²) >= 11 is 0. The standard InChI is InChI=1S/C23H50O3Si2/c1-11-16-21(24)17-15-18-23(8,26-28(12-2,13-3)14-4)19-20-25-27(9,10)22(5,6)7/h11,21,24H,1,12-20H2,2-10H3/t21-,23-/m1/s1. The molecule has 0 saturated heterocycles. The van der Waals surface area contributed by atoms with Crippen LogP contribution in [0.1, 0.15) is 80.6 Å². The summed E-state index contributed by atoms with van der Waals surface area (Å²) in [5.41, 5.74) is -0.162. The van der Waals surface area contributed by atoms with Crippen LogP contribution in [-0.2, 0) is 8.85 Å². The molecule has 0 aliphatic heterocycles. The SMILES string of the molecule is C=CC[C@@H](O)CCC[C@](C)(CCO[Si](C)(C)C(C)(C)C)O[Si](CC)(CC)CC. The second kappa shape index (κ2) is 12.0. The van der Waals surface area contributed by atoms with Gasteiger partial charge in [0, 0.05) is 6.61 Å². The Hall–Kier alpha value is 0.0538. The first kappa shape index (κ1) is 28.1. The molecule has 0 aromatic heterocycles. The lowest BCUT2D eigenvalue weighted by Gasteiger charge is -2.42. The van der Waals surface area contributed by atoms with Crippen molar-refractivity contribution in [1.29, 1.82) is 0 Å². The fourth-order valence-corrected chi connectivity index (χ4v) is 7.70. The molecule has 0 radical (unpaired) electrons. The lowest BCUT2D eigenvalue weighted by molar-refractivity contribution is 0.0349. The van der Waals surface area contributed by atoms with E-state index in [1.807, 2.05) is 0 Å². The maximum absolute atomic E-state index is 10.1. The summed E-state index contributed by atoms with van der Waals surface area (Å²) in [5, 5.41) is 10.3. The third-order valence-electron chi connectivity index (χ3n) is 6.98. The number of hydrogen-bond donors (Lipinski definition) is 1. The fourth-order valence-electron chi connectivity index (χ4n) is 3.48. The second-order valence-corrected chi connectivity index (χ2v) is 19.7. The van der Waals surface area contributed by atoms with Crippen molar-refractivity contribution >= 4 is 16.6 Å². The molecule has 0 heterocycles. The van der Waals surface area contributed by atoms with Crippen molar-refractivity contribution in [2.45, 2.75) is 129 Å². The maximum Gasteiger partial charge on any atom is 0.192 e. The smallest absolute Gasteiger partial charge is 0.192 e. The number of rotatable bonds is 15. The fraction of sp³-hybridized carbons (Fsp3) is 0.913. The van der Waals surface area contributed by atoms with Crippen LogP contribution in [0.15, 0.2) is 12.7 Å². The summed E-state index contributed by atoms with van der Waals surface area (Å²) < 4.78 is 13.5. The highest BCUT2D eigenvalue weighted by atomic mass is 28.4. The third kappa shape index (κ3) is 9.25. The predicted molar refractivity (Wildman–Crippen MR) is 129 cm³/mol. The van der Waals surface area contributed by atoms with Gasteiger partial charge in [0.05, 0.1) is 11.7 Å². The van der Waals surface area contributed by atoms with E-state index in [0.29, 0.717) is 6.42 Å². The molecular formula is C23H50O3Si2. The van der Waals surface area contributed by atoms with Crippen LogP contribution in [-0.4, -0.2) is 40.1 Å². The normalized spacial score (nSPS) is 16.6. The van der Waals surface area contributed by atoms with Crippen molar-refractivity contribution < 1.29 is 14.0 Å². The van der Waals surface area contributed by atoms with Gasteiger partial charge in [0.25, 0.3) is 0 Å². The minimum Gasteiger partial charge on any atom is -0.417 e. The lowest BCUT2D eigenvalue weighted by atomic mass is 9.94. The van der Waals surface area contributed by atoms with Gasteiger partial charge < -0.3 is 14.0 Å². The van der Waals surface area contributed by atoms with Gasteiger partial charge in [0.1, 0.15) is 0 Å². The first-order valence-electron chi connectivity index (χ1n) is 11.4. The predicted octanol–water partition coefficient (Wildman–Crippen LogP) is 7.29. The zero-order chi connectivity index (χ0) is 22.1. The molecule has 0 aliphatic rings. The van der Waals surface area contributed by atoms with Gasteiger partial charge in [-0.1, -0.05) is 47.6 Å². The molecule has 0 aromatic rings. The molecule has 0 aromatic carbocycles. The molecule has 0 spiro atoms. The van der Waals surface area contributed by atoms with E-state index in [9.17, 15) is 5.11 Å². The van der Waals surface area contributed by atoms with Gasteiger partial charge in [0.2, 0.25) is 0 Å². The Morgan fingerprint density at radius 2 is 1.54 bits per heavy atom. The van der Waals surface area contributed by atoms with E-state index in [-0.39, 0.29) is 16.7 Å². The van der Waals surface area contributed by atoms with Crippen molar-refractivity contribution in [3.05, 3.63) is 12.7 Å². The molecule has 0 rings (SSSR count). The number of aliphatic hydroxyl groups is 1. The van der Waals surface area contributed by atoms with Crippen LogP contribution in [0.2, 0.25) is 36.3 Å². The van der Waals surface area contributed by atoms with E-state index in [1.165, 1.54) is 0 Å². The maximum atomic E-state index is 10.1. The third-order valence-corrected chi connectivity index (χ3v) is 16.3. The number of aliphatic hydroxyl groups excluding tert-OH is 1. The summed E-state index contributed by atoms with van der Waals surface area (Å²) in [6, 6.07) is 3.49. The molecule has 2 atom stereocenters. The molecule has 28 heavy (non-hydrogen) atoms. The highest BCUT2D eigenvalue weighted by Crippen LogP contribution is 2.38. The summed E-state index contributed by atoms with van der Waals surface area (Å²) in [7, 11) is -3.44. The van der Waals surface area contributed by atoms with Crippen LogP contribution >= 0.6 is 0 Å². The van der Waals surface area contributed by atoms with E-state index in [4.69, 9.17) is 8.85 Å². The Labute approximate surface area is 178 Å². The summed E-state index contributed by atoms with van der Waals surface area (Å²) in [4.78, 5) is 0. The highest BCUT2D eigenvalue weighted by molar-refractivity contribution is 6.74. The van der Waals surface area contributed by atoms with E-state index in [2.05, 4.69) is 68.1 Å². The Morgan fingerprint density at radius 1 is 1.00 bits per heavy atom. The van der Waals surface area contributed by atoms with E-state index in [0.717, 1.165) is 50.4 Å². The zero-order valence-corrected chi connectivity index (χ0v) is 22.5. The van der Waals surface area contributed by atoms with Gasteiger partial charge in [0.15, 0.2) is 16.6 Å². The average Bonchev–Trinajstić information content (AvgIpc) is 2.59. The van der Waals surface area contributed by atoms with Crippen molar-refractivity contribution in [2.75, 3.05) is 6.61 Å². The van der Waals surface area contributed by atoms with E-state index >= 15 is 0 Å². The van der Waals surface area contributed by atoms with Gasteiger partial charge in [-0.2, -0.15) is 0 Å². The zero-order valence-electron chi connectivity index (χ0n) is 20.5. The summed E-state index contributed by atoms with van der Waals surface area (Å²) in [5.74, 6) is 0. The molecule has 0 aliphatic carbocycles. The highest BCUT2D eigenvalue weighted by Gasteiger charge is 2.40. The minimum atomic E-state index is -1.74. The molecule has 3 nitrogen and oxygen atoms in total. The van der Waals surface area contributed by atoms with Crippen LogP contribution in [0.3, 0.4) is 0 Å². The molecule has 0 saturated carbocycles. The first-order valence-corrected chi connectivity index (χ1v) is 16.9. The molecule has 1 N–H and O–H groups in total. The Morgan fingerprint density at radius 3 is 1.96 bits per heavy atom. The largest absolute Gasteiger partial charge is 0.417 e. The van der Waals surface area contributed by atoms with Crippen LogP contribution in [0.25, 0.3) is 0 Å². The van der Waals surface area contributed by atoms with Crippen LogP contribution in [0.4, 0.5) is 0 Å². The van der Waals surface area contributed by atoms with Gasteiger partial charge >= 0.3 is 0 Å². The van der Waals surface area contributed by atoms with Crippen LogP contribution in [0.5, 0.6) is 0 Å². The van der Waals surface area contributed by atoms with Gasteiger partial charge in [-0.05, 0) is 75.3 Å². The quantitative estimate of drug-likeness (QED) is 0.219. The minimum absolute atomic E-state index is 0.162. The van der Waals surface area contributed by atoms with E-state index < -0.39 is 16.6 Å². The van der Waals surface area contributed by atoms with Gasteiger partial charge in [-0.15, -0.1) is 6.58 Å².